The van der Waals surface area contributed by atoms with Gasteiger partial charge in [0.2, 0.25) is 11.8 Å². The number of benzene rings is 1. The fourth-order valence-corrected chi connectivity index (χ4v) is 3.22. The first kappa shape index (κ1) is 19.4. The van der Waals surface area contributed by atoms with Crippen LogP contribution in [0.4, 0.5) is 0 Å². The molecule has 3 rings (SSSR count). The Labute approximate surface area is 160 Å². The van der Waals surface area contributed by atoms with Gasteiger partial charge in [-0.3, -0.25) is 9.69 Å². The Morgan fingerprint density at radius 1 is 1.19 bits per heavy atom. The molecule has 1 amide bonds. The summed E-state index contributed by atoms with van der Waals surface area (Å²) >= 11 is 0. The van der Waals surface area contributed by atoms with Crippen molar-refractivity contribution in [1.29, 1.82) is 0 Å². The van der Waals surface area contributed by atoms with Crippen LogP contribution >= 0.6 is 0 Å². The van der Waals surface area contributed by atoms with Gasteiger partial charge in [0, 0.05) is 26.1 Å². The van der Waals surface area contributed by atoms with Crippen molar-refractivity contribution in [2.45, 2.75) is 39.8 Å². The Morgan fingerprint density at radius 2 is 1.96 bits per heavy atom. The molecule has 7 heteroatoms. The highest BCUT2D eigenvalue weighted by molar-refractivity contribution is 5.78. The third kappa shape index (κ3) is 5.53. The van der Waals surface area contributed by atoms with Gasteiger partial charge in [0.15, 0.2) is 5.82 Å². The summed E-state index contributed by atoms with van der Waals surface area (Å²) in [6, 6.07) is 7.86. The van der Waals surface area contributed by atoms with Crippen molar-refractivity contribution in [2.24, 2.45) is 5.92 Å². The Hall–Kier alpha value is -2.41. The lowest BCUT2D eigenvalue weighted by Gasteiger charge is -2.21. The van der Waals surface area contributed by atoms with Gasteiger partial charge in [0.25, 0.3) is 0 Å². The van der Waals surface area contributed by atoms with Crippen molar-refractivity contribution in [3.63, 3.8) is 0 Å². The van der Waals surface area contributed by atoms with Crippen LogP contribution < -0.4 is 4.74 Å². The van der Waals surface area contributed by atoms with E-state index in [1.54, 1.807) is 7.11 Å². The molecule has 0 N–H and O–H groups in total. The standard InChI is InChI=1S/C20H28N4O3/c1-15(2)11-19-21-18(22-27-19)13-23-9-4-10-24(20(25)14-23)12-16-5-7-17(26-3)8-6-16/h5-8,15H,4,9-14H2,1-3H3. The second kappa shape index (κ2) is 8.99. The molecule has 1 fully saturated rings. The SMILES string of the molecule is COc1ccc(CN2CCCN(Cc3noc(CC(C)C)n3)CC2=O)cc1. The maximum absolute atomic E-state index is 12.7. The van der Waals surface area contributed by atoms with Crippen molar-refractivity contribution in [2.75, 3.05) is 26.7 Å². The Kier molecular flexibility index (Phi) is 6.45. The Balaban J connectivity index is 1.56. The summed E-state index contributed by atoms with van der Waals surface area (Å²) in [5.74, 6) is 2.76. The molecule has 1 aromatic heterocycles. The van der Waals surface area contributed by atoms with Gasteiger partial charge >= 0.3 is 0 Å². The number of hydrogen-bond acceptors (Lipinski definition) is 6. The second-order valence-electron chi connectivity index (χ2n) is 7.43. The van der Waals surface area contributed by atoms with E-state index in [2.05, 4.69) is 28.9 Å². The summed E-state index contributed by atoms with van der Waals surface area (Å²) in [4.78, 5) is 21.2. The third-order valence-corrected chi connectivity index (χ3v) is 4.60. The molecule has 1 aliphatic rings. The molecule has 2 heterocycles. The number of carbonyl (C=O) groups excluding carboxylic acids is 1. The van der Waals surface area contributed by atoms with E-state index in [4.69, 9.17) is 9.26 Å². The third-order valence-electron chi connectivity index (χ3n) is 4.60. The smallest absolute Gasteiger partial charge is 0.237 e. The minimum absolute atomic E-state index is 0.134. The molecule has 0 atom stereocenters. The number of ether oxygens (including phenoxy) is 1. The van der Waals surface area contributed by atoms with Gasteiger partial charge < -0.3 is 14.2 Å². The minimum Gasteiger partial charge on any atom is -0.497 e. The van der Waals surface area contributed by atoms with Gasteiger partial charge in [0.1, 0.15) is 5.75 Å². The highest BCUT2D eigenvalue weighted by atomic mass is 16.5. The van der Waals surface area contributed by atoms with Crippen molar-refractivity contribution < 1.29 is 14.1 Å². The average molecular weight is 372 g/mol. The van der Waals surface area contributed by atoms with E-state index in [-0.39, 0.29) is 5.91 Å². The molecule has 2 aromatic rings. The number of methoxy groups -OCH3 is 1. The van der Waals surface area contributed by atoms with E-state index in [1.807, 2.05) is 29.2 Å². The molecule has 0 saturated carbocycles. The molecule has 1 aliphatic heterocycles. The zero-order valence-electron chi connectivity index (χ0n) is 16.4. The highest BCUT2D eigenvalue weighted by Gasteiger charge is 2.23. The van der Waals surface area contributed by atoms with Crippen LogP contribution in [0.3, 0.4) is 0 Å². The van der Waals surface area contributed by atoms with Crippen molar-refractivity contribution in [3.05, 3.63) is 41.5 Å². The molecule has 0 spiro atoms. The quantitative estimate of drug-likeness (QED) is 0.744. The average Bonchev–Trinajstić information content (AvgIpc) is 2.99. The molecule has 7 nitrogen and oxygen atoms in total. The number of amides is 1. The molecule has 0 aliphatic carbocycles. The molecular formula is C20H28N4O3. The lowest BCUT2D eigenvalue weighted by atomic mass is 10.1. The van der Waals surface area contributed by atoms with Gasteiger partial charge in [-0.05, 0) is 30.0 Å². The molecule has 146 valence electrons. The lowest BCUT2D eigenvalue weighted by molar-refractivity contribution is -0.131. The molecule has 0 radical (unpaired) electrons. The fourth-order valence-electron chi connectivity index (χ4n) is 3.22. The fraction of sp³-hybridized carbons (Fsp3) is 0.550. The normalized spacial score (nSPS) is 16.0. The van der Waals surface area contributed by atoms with E-state index in [0.717, 1.165) is 37.2 Å². The van der Waals surface area contributed by atoms with Crippen LogP contribution in [0, 0.1) is 5.92 Å². The highest BCUT2D eigenvalue weighted by Crippen LogP contribution is 2.15. The summed E-state index contributed by atoms with van der Waals surface area (Å²) in [5, 5.41) is 4.06. The van der Waals surface area contributed by atoms with Gasteiger partial charge in [-0.15, -0.1) is 0 Å². The van der Waals surface area contributed by atoms with Gasteiger partial charge in [-0.2, -0.15) is 4.98 Å². The monoisotopic (exact) mass is 372 g/mol. The lowest BCUT2D eigenvalue weighted by Crippen LogP contribution is -2.36. The molecule has 1 aromatic carbocycles. The van der Waals surface area contributed by atoms with Crippen LogP contribution in [-0.4, -0.2) is 52.6 Å². The molecule has 0 bridgehead atoms. The van der Waals surface area contributed by atoms with Gasteiger partial charge in [-0.1, -0.05) is 31.1 Å². The topological polar surface area (TPSA) is 71.7 Å². The van der Waals surface area contributed by atoms with E-state index in [9.17, 15) is 4.79 Å². The molecule has 0 unspecified atom stereocenters. The molecule has 1 saturated heterocycles. The Morgan fingerprint density at radius 3 is 2.67 bits per heavy atom. The van der Waals surface area contributed by atoms with Gasteiger partial charge in [-0.25, -0.2) is 0 Å². The number of aromatic nitrogens is 2. The largest absolute Gasteiger partial charge is 0.497 e. The first-order chi connectivity index (χ1) is 13.0. The van der Waals surface area contributed by atoms with E-state index < -0.39 is 0 Å². The zero-order chi connectivity index (χ0) is 19.2. The van der Waals surface area contributed by atoms with Crippen molar-refractivity contribution in [1.82, 2.24) is 19.9 Å². The maximum atomic E-state index is 12.7. The first-order valence-corrected chi connectivity index (χ1v) is 9.48. The first-order valence-electron chi connectivity index (χ1n) is 9.48. The number of nitrogens with zero attached hydrogens (tertiary/aromatic N) is 4. The molecular weight excluding hydrogens is 344 g/mol. The summed E-state index contributed by atoms with van der Waals surface area (Å²) in [6.07, 6.45) is 1.71. The minimum atomic E-state index is 0.134. The summed E-state index contributed by atoms with van der Waals surface area (Å²) < 4.78 is 10.5. The van der Waals surface area contributed by atoms with Crippen LogP contribution in [0.25, 0.3) is 0 Å². The molecule has 27 heavy (non-hydrogen) atoms. The van der Waals surface area contributed by atoms with E-state index in [1.165, 1.54) is 0 Å². The predicted octanol–water partition coefficient (Wildman–Crippen LogP) is 2.51. The van der Waals surface area contributed by atoms with Crippen LogP contribution in [-0.2, 0) is 24.3 Å². The van der Waals surface area contributed by atoms with Crippen molar-refractivity contribution in [3.8, 4) is 5.75 Å². The summed E-state index contributed by atoms with van der Waals surface area (Å²) in [5.41, 5.74) is 1.11. The Bertz CT molecular complexity index is 742. The number of hydrogen-bond donors (Lipinski definition) is 0. The van der Waals surface area contributed by atoms with Crippen LogP contribution in [0.5, 0.6) is 5.75 Å². The van der Waals surface area contributed by atoms with Crippen LogP contribution in [0.1, 0.15) is 37.5 Å². The zero-order valence-corrected chi connectivity index (χ0v) is 16.4. The van der Waals surface area contributed by atoms with E-state index >= 15 is 0 Å². The van der Waals surface area contributed by atoms with Crippen molar-refractivity contribution >= 4 is 5.91 Å². The summed E-state index contributed by atoms with van der Waals surface area (Å²) in [7, 11) is 1.65. The van der Waals surface area contributed by atoms with Crippen LogP contribution in [0.15, 0.2) is 28.8 Å². The number of carbonyl (C=O) groups is 1. The number of rotatable bonds is 7. The van der Waals surface area contributed by atoms with E-state index in [0.29, 0.717) is 37.3 Å². The maximum Gasteiger partial charge on any atom is 0.237 e. The predicted molar refractivity (Wildman–Crippen MR) is 101 cm³/mol. The second-order valence-corrected chi connectivity index (χ2v) is 7.43. The summed E-state index contributed by atoms with van der Waals surface area (Å²) in [6.45, 7) is 7.39. The van der Waals surface area contributed by atoms with Gasteiger partial charge in [0.05, 0.1) is 20.2 Å². The van der Waals surface area contributed by atoms with Crippen LogP contribution in [0.2, 0.25) is 0 Å².